The zero-order chi connectivity index (χ0) is 23.2. The summed E-state index contributed by atoms with van der Waals surface area (Å²) in [5, 5.41) is 8.76. The molecule has 2 heterocycles. The van der Waals surface area contributed by atoms with E-state index in [-0.39, 0.29) is 18.4 Å². The van der Waals surface area contributed by atoms with E-state index < -0.39 is 5.97 Å². The smallest absolute Gasteiger partial charge is 0.303 e. The van der Waals surface area contributed by atoms with Gasteiger partial charge in [-0.25, -0.2) is 0 Å². The lowest BCUT2D eigenvalue weighted by Gasteiger charge is -2.46. The standard InChI is InChI=1S/C28H36N2O3/c1-2-27(31)30(23-14-12-21(13-15-23)8-4-3-5-11-28(32)33)24-17-19-29-18-16-22-9-6-7-10-25(22)26(29)20-24/h6-7,9-10,12-15,24,26H,2-5,8,11,16-20H2,1H3,(H,32,33). The van der Waals surface area contributed by atoms with Gasteiger partial charge < -0.3 is 10.0 Å². The van der Waals surface area contributed by atoms with Crippen LogP contribution in [0.25, 0.3) is 0 Å². The first-order chi connectivity index (χ1) is 16.1. The van der Waals surface area contributed by atoms with Crippen LogP contribution >= 0.6 is 0 Å². The van der Waals surface area contributed by atoms with Crippen LogP contribution in [0, 0.1) is 0 Å². The molecule has 2 aliphatic heterocycles. The van der Waals surface area contributed by atoms with Crippen LogP contribution in [0.5, 0.6) is 0 Å². The molecule has 33 heavy (non-hydrogen) atoms. The van der Waals surface area contributed by atoms with E-state index in [1.807, 2.05) is 6.92 Å². The Bertz CT molecular complexity index is 956. The van der Waals surface area contributed by atoms with Crippen molar-refractivity contribution in [3.8, 4) is 0 Å². The number of nitrogens with zero attached hydrogens (tertiary/aromatic N) is 2. The highest BCUT2D eigenvalue weighted by Crippen LogP contribution is 2.39. The normalized spacial score (nSPS) is 20.0. The van der Waals surface area contributed by atoms with Crippen LogP contribution in [0.2, 0.25) is 0 Å². The Labute approximate surface area is 197 Å². The molecule has 2 atom stereocenters. The molecule has 0 aliphatic carbocycles. The molecule has 4 rings (SSSR count). The molecule has 0 bridgehead atoms. The summed E-state index contributed by atoms with van der Waals surface area (Å²) in [4.78, 5) is 28.4. The number of rotatable bonds is 9. The summed E-state index contributed by atoms with van der Waals surface area (Å²) in [5.41, 5.74) is 5.14. The van der Waals surface area contributed by atoms with Gasteiger partial charge in [0.05, 0.1) is 0 Å². The first-order valence-electron chi connectivity index (χ1n) is 12.5. The number of carbonyl (C=O) groups excluding carboxylic acids is 1. The molecular formula is C28H36N2O3. The number of carboxylic acid groups (broad SMARTS) is 1. The van der Waals surface area contributed by atoms with Crippen molar-refractivity contribution in [2.75, 3.05) is 18.0 Å². The summed E-state index contributed by atoms with van der Waals surface area (Å²) in [5.74, 6) is -0.526. The fourth-order valence-corrected chi connectivity index (χ4v) is 5.51. The number of carboxylic acids is 1. The molecule has 2 aliphatic rings. The summed E-state index contributed by atoms with van der Waals surface area (Å²) >= 11 is 0. The third-order valence-electron chi connectivity index (χ3n) is 7.27. The molecular weight excluding hydrogens is 412 g/mol. The van der Waals surface area contributed by atoms with Gasteiger partial charge in [-0.3, -0.25) is 14.5 Å². The van der Waals surface area contributed by atoms with Crippen molar-refractivity contribution in [1.29, 1.82) is 0 Å². The SMILES string of the molecule is CCC(=O)N(c1ccc(CCCCCC(=O)O)cc1)C1CCN2CCc3ccccc3C2C1. The lowest BCUT2D eigenvalue weighted by atomic mass is 9.84. The zero-order valence-electron chi connectivity index (χ0n) is 19.7. The van der Waals surface area contributed by atoms with Gasteiger partial charge >= 0.3 is 5.97 Å². The first-order valence-corrected chi connectivity index (χ1v) is 12.5. The zero-order valence-corrected chi connectivity index (χ0v) is 19.7. The molecule has 0 radical (unpaired) electrons. The molecule has 1 fully saturated rings. The number of aryl methyl sites for hydroxylation is 1. The van der Waals surface area contributed by atoms with Crippen molar-refractivity contribution >= 4 is 17.6 Å². The number of unbranched alkanes of at least 4 members (excludes halogenated alkanes) is 2. The quantitative estimate of drug-likeness (QED) is 0.523. The van der Waals surface area contributed by atoms with E-state index in [1.54, 1.807) is 0 Å². The Balaban J connectivity index is 1.44. The van der Waals surface area contributed by atoms with Crippen LogP contribution in [-0.2, 0) is 22.4 Å². The van der Waals surface area contributed by atoms with Crippen molar-refractivity contribution < 1.29 is 14.7 Å². The third kappa shape index (κ3) is 5.64. The van der Waals surface area contributed by atoms with Gasteiger partial charge in [0.25, 0.3) is 0 Å². The maximum absolute atomic E-state index is 13.1. The Kier molecular flexibility index (Phi) is 7.81. The first kappa shape index (κ1) is 23.5. The van der Waals surface area contributed by atoms with Gasteiger partial charge in [0, 0.05) is 43.7 Å². The van der Waals surface area contributed by atoms with E-state index in [2.05, 4.69) is 58.3 Å². The summed E-state index contributed by atoms with van der Waals surface area (Å²) in [6.45, 7) is 4.09. The molecule has 1 amide bonds. The van der Waals surface area contributed by atoms with Gasteiger partial charge in [-0.15, -0.1) is 0 Å². The fourth-order valence-electron chi connectivity index (χ4n) is 5.51. The van der Waals surface area contributed by atoms with E-state index in [9.17, 15) is 9.59 Å². The Morgan fingerprint density at radius 1 is 1.03 bits per heavy atom. The highest BCUT2D eigenvalue weighted by Gasteiger charge is 2.37. The minimum Gasteiger partial charge on any atom is -0.481 e. The molecule has 176 valence electrons. The number of benzene rings is 2. The highest BCUT2D eigenvalue weighted by atomic mass is 16.4. The number of aliphatic carboxylic acids is 1. The molecule has 1 N–H and O–H groups in total. The summed E-state index contributed by atoms with van der Waals surface area (Å²) in [7, 11) is 0. The second-order valence-corrected chi connectivity index (χ2v) is 9.42. The number of hydrogen-bond donors (Lipinski definition) is 1. The second-order valence-electron chi connectivity index (χ2n) is 9.42. The van der Waals surface area contributed by atoms with E-state index in [4.69, 9.17) is 5.11 Å². The van der Waals surface area contributed by atoms with Gasteiger partial charge in [-0.2, -0.15) is 0 Å². The maximum atomic E-state index is 13.1. The minimum absolute atomic E-state index is 0.193. The van der Waals surface area contributed by atoms with Crippen molar-refractivity contribution in [2.24, 2.45) is 0 Å². The molecule has 2 aromatic rings. The third-order valence-corrected chi connectivity index (χ3v) is 7.27. The minimum atomic E-state index is -0.720. The molecule has 0 aromatic heterocycles. The predicted molar refractivity (Wildman–Crippen MR) is 132 cm³/mol. The van der Waals surface area contributed by atoms with Crippen molar-refractivity contribution in [3.63, 3.8) is 0 Å². The predicted octanol–water partition coefficient (Wildman–Crippen LogP) is 5.38. The monoisotopic (exact) mass is 448 g/mol. The molecule has 5 heteroatoms. The lowest BCUT2D eigenvalue weighted by molar-refractivity contribution is -0.137. The van der Waals surface area contributed by atoms with E-state index in [0.717, 1.165) is 63.7 Å². The Morgan fingerprint density at radius 2 is 1.82 bits per heavy atom. The van der Waals surface area contributed by atoms with E-state index in [0.29, 0.717) is 12.5 Å². The number of piperidine rings is 1. The van der Waals surface area contributed by atoms with Crippen LogP contribution in [0.1, 0.15) is 74.6 Å². The molecule has 5 nitrogen and oxygen atoms in total. The maximum Gasteiger partial charge on any atom is 0.303 e. The van der Waals surface area contributed by atoms with Crippen LogP contribution in [-0.4, -0.2) is 41.0 Å². The number of fused-ring (bicyclic) bond motifs is 3. The van der Waals surface area contributed by atoms with Crippen molar-refractivity contribution in [3.05, 3.63) is 65.2 Å². The number of carbonyl (C=O) groups is 2. The fraction of sp³-hybridized carbons (Fsp3) is 0.500. The molecule has 2 aromatic carbocycles. The molecule has 1 saturated heterocycles. The summed E-state index contributed by atoms with van der Waals surface area (Å²) in [6, 6.07) is 17.9. The largest absolute Gasteiger partial charge is 0.481 e. The average molecular weight is 449 g/mol. The molecule has 0 spiro atoms. The molecule has 0 saturated carbocycles. The number of hydrogen-bond acceptors (Lipinski definition) is 3. The summed E-state index contributed by atoms with van der Waals surface area (Å²) < 4.78 is 0. The van der Waals surface area contributed by atoms with E-state index >= 15 is 0 Å². The van der Waals surface area contributed by atoms with E-state index in [1.165, 1.54) is 16.7 Å². The lowest BCUT2D eigenvalue weighted by Crippen LogP contribution is -2.50. The highest BCUT2D eigenvalue weighted by molar-refractivity contribution is 5.93. The van der Waals surface area contributed by atoms with Crippen LogP contribution in [0.4, 0.5) is 5.69 Å². The Hall–Kier alpha value is -2.66. The number of amides is 1. The van der Waals surface area contributed by atoms with Gasteiger partial charge in [-0.1, -0.05) is 49.7 Å². The Morgan fingerprint density at radius 3 is 2.58 bits per heavy atom. The van der Waals surface area contributed by atoms with Crippen molar-refractivity contribution in [1.82, 2.24) is 4.90 Å². The molecule has 2 unspecified atom stereocenters. The van der Waals surface area contributed by atoms with Crippen LogP contribution < -0.4 is 4.90 Å². The average Bonchev–Trinajstić information content (AvgIpc) is 2.84. The topological polar surface area (TPSA) is 60.9 Å². The van der Waals surface area contributed by atoms with Crippen LogP contribution in [0.3, 0.4) is 0 Å². The second kappa shape index (κ2) is 11.0. The van der Waals surface area contributed by atoms with Gasteiger partial charge in [0.2, 0.25) is 5.91 Å². The van der Waals surface area contributed by atoms with Gasteiger partial charge in [0.1, 0.15) is 0 Å². The van der Waals surface area contributed by atoms with Crippen molar-refractivity contribution in [2.45, 2.75) is 76.8 Å². The van der Waals surface area contributed by atoms with Gasteiger partial charge in [0.15, 0.2) is 0 Å². The van der Waals surface area contributed by atoms with Crippen LogP contribution in [0.15, 0.2) is 48.5 Å². The van der Waals surface area contributed by atoms with Gasteiger partial charge in [-0.05, 0) is 67.3 Å². The number of anilines is 1. The summed E-state index contributed by atoms with van der Waals surface area (Å²) in [6.07, 6.45) is 7.45.